The Morgan fingerprint density at radius 2 is 1.51 bits per heavy atom. The first-order valence-electron chi connectivity index (χ1n) is 14.3. The van der Waals surface area contributed by atoms with E-state index in [4.69, 9.17) is 0 Å². The predicted molar refractivity (Wildman–Crippen MR) is 168 cm³/mol. The Bertz CT molecular complexity index is 1550. The molecule has 5 heteroatoms. The second-order valence-electron chi connectivity index (χ2n) is 11.0. The van der Waals surface area contributed by atoms with E-state index in [1.54, 1.807) is 0 Å². The molecule has 2 amide bonds. The van der Waals surface area contributed by atoms with Crippen molar-refractivity contribution in [2.45, 2.75) is 37.6 Å². The molecule has 0 saturated carbocycles. The number of amides is 2. The smallest absolute Gasteiger partial charge is 0.265 e. The molecule has 0 aromatic heterocycles. The molecular weight excluding hydrogens is 524 g/mol. The fourth-order valence-corrected chi connectivity index (χ4v) is 6.70. The fourth-order valence-electron chi connectivity index (χ4n) is 5.64. The van der Waals surface area contributed by atoms with Gasteiger partial charge in [0.15, 0.2) is 0 Å². The van der Waals surface area contributed by atoms with Crippen LogP contribution in [0.15, 0.2) is 113 Å². The first-order chi connectivity index (χ1) is 20.0. The van der Waals surface area contributed by atoms with Gasteiger partial charge in [0.05, 0.1) is 17.1 Å². The van der Waals surface area contributed by atoms with Crippen LogP contribution in [-0.2, 0) is 17.8 Å². The van der Waals surface area contributed by atoms with Gasteiger partial charge >= 0.3 is 0 Å². The molecule has 2 aliphatic heterocycles. The van der Waals surface area contributed by atoms with Crippen LogP contribution in [0.3, 0.4) is 0 Å². The number of piperidine rings is 1. The van der Waals surface area contributed by atoms with Gasteiger partial charge in [0, 0.05) is 23.5 Å². The van der Waals surface area contributed by atoms with Crippen LogP contribution < -0.4 is 4.90 Å². The zero-order valence-electron chi connectivity index (χ0n) is 23.3. The third-order valence-corrected chi connectivity index (χ3v) is 9.10. The lowest BCUT2D eigenvalue weighted by Crippen LogP contribution is -2.38. The molecule has 2 aliphatic rings. The molecule has 206 valence electrons. The number of hydrogen-bond donors (Lipinski definition) is 0. The molecule has 4 aromatic carbocycles. The summed E-state index contributed by atoms with van der Waals surface area (Å²) in [5.74, 6) is 0.702. The molecule has 6 rings (SSSR count). The molecule has 0 radical (unpaired) electrons. The predicted octanol–water partition coefficient (Wildman–Crippen LogP) is 7.77. The standard InChI is InChI=1S/C36H34N2O2S/c1-26-11-13-30(14-12-26)25-38-32-9-5-6-10-33(32)41-34(36(38)40)24-28-15-17-31(18-16-28)35(39)37-21-19-29(20-22-37)23-27-7-3-2-4-8-27/h2-18,24,29H,19-23,25H2,1H3. The lowest BCUT2D eigenvalue weighted by molar-refractivity contribution is -0.114. The molecule has 41 heavy (non-hydrogen) atoms. The van der Waals surface area contributed by atoms with Crippen molar-refractivity contribution in [2.24, 2.45) is 5.92 Å². The van der Waals surface area contributed by atoms with Gasteiger partial charge in [-0.2, -0.15) is 0 Å². The first kappa shape index (κ1) is 27.1. The molecule has 1 saturated heterocycles. The van der Waals surface area contributed by atoms with Gasteiger partial charge in [-0.05, 0) is 79.1 Å². The van der Waals surface area contributed by atoms with E-state index >= 15 is 0 Å². The lowest BCUT2D eigenvalue weighted by atomic mass is 9.90. The number of carbonyl (C=O) groups is 2. The highest BCUT2D eigenvalue weighted by Crippen LogP contribution is 2.42. The fraction of sp³-hybridized carbons (Fsp3) is 0.222. The number of anilines is 1. The number of hydrogen-bond acceptors (Lipinski definition) is 3. The average molecular weight is 559 g/mol. The minimum atomic E-state index is -0.00667. The normalized spacial score (nSPS) is 16.6. The Hall–Kier alpha value is -4.09. The third kappa shape index (κ3) is 6.31. The van der Waals surface area contributed by atoms with Gasteiger partial charge in [-0.25, -0.2) is 0 Å². The van der Waals surface area contributed by atoms with E-state index in [0.717, 1.165) is 54.1 Å². The molecule has 0 unspecified atom stereocenters. The highest BCUT2D eigenvalue weighted by molar-refractivity contribution is 8.04. The Kier molecular flexibility index (Phi) is 8.06. The number of fused-ring (bicyclic) bond motifs is 1. The number of benzene rings is 4. The maximum atomic E-state index is 13.7. The van der Waals surface area contributed by atoms with Crippen LogP contribution in [-0.4, -0.2) is 29.8 Å². The van der Waals surface area contributed by atoms with Crippen LogP contribution in [0.4, 0.5) is 5.69 Å². The van der Waals surface area contributed by atoms with E-state index < -0.39 is 0 Å². The Labute approximate surface area is 246 Å². The third-order valence-electron chi connectivity index (χ3n) is 8.02. The van der Waals surface area contributed by atoms with Gasteiger partial charge in [-0.3, -0.25) is 9.59 Å². The Morgan fingerprint density at radius 1 is 0.829 bits per heavy atom. The Morgan fingerprint density at radius 3 is 2.24 bits per heavy atom. The maximum absolute atomic E-state index is 13.7. The Balaban J connectivity index is 1.13. The minimum absolute atomic E-state index is 0.00667. The van der Waals surface area contributed by atoms with Crippen LogP contribution in [0.5, 0.6) is 0 Å². The molecule has 4 aromatic rings. The first-order valence-corrected chi connectivity index (χ1v) is 15.1. The summed E-state index contributed by atoms with van der Waals surface area (Å²) < 4.78 is 0. The summed E-state index contributed by atoms with van der Waals surface area (Å²) in [5.41, 5.74) is 6.21. The number of thioether (sulfide) groups is 1. The SMILES string of the molecule is Cc1ccc(CN2C(=O)C(=Cc3ccc(C(=O)N4CCC(Cc5ccccc5)CC4)cc3)Sc3ccccc32)cc1. The minimum Gasteiger partial charge on any atom is -0.339 e. The molecule has 0 atom stereocenters. The largest absolute Gasteiger partial charge is 0.339 e. The topological polar surface area (TPSA) is 40.6 Å². The molecule has 0 N–H and O–H groups in total. The van der Waals surface area contributed by atoms with Crippen molar-refractivity contribution in [2.75, 3.05) is 18.0 Å². The van der Waals surface area contributed by atoms with E-state index in [9.17, 15) is 9.59 Å². The molecule has 0 bridgehead atoms. The lowest BCUT2D eigenvalue weighted by Gasteiger charge is -2.32. The number of aryl methyl sites for hydroxylation is 1. The molecule has 1 fully saturated rings. The van der Waals surface area contributed by atoms with Gasteiger partial charge in [-0.15, -0.1) is 0 Å². The highest BCUT2D eigenvalue weighted by atomic mass is 32.2. The number of rotatable bonds is 6. The number of para-hydroxylation sites is 1. The van der Waals surface area contributed by atoms with Crippen molar-refractivity contribution in [3.05, 3.63) is 136 Å². The summed E-state index contributed by atoms with van der Waals surface area (Å²) in [6, 6.07) is 34.7. The molecular formula is C36H34N2O2S. The van der Waals surface area contributed by atoms with Crippen LogP contribution in [0.25, 0.3) is 6.08 Å². The van der Waals surface area contributed by atoms with Gasteiger partial charge in [0.2, 0.25) is 0 Å². The number of carbonyl (C=O) groups excluding carboxylic acids is 2. The molecule has 4 nitrogen and oxygen atoms in total. The van der Waals surface area contributed by atoms with Gasteiger partial charge in [-0.1, -0.05) is 96.2 Å². The maximum Gasteiger partial charge on any atom is 0.265 e. The number of nitrogens with zero attached hydrogens (tertiary/aromatic N) is 2. The van der Waals surface area contributed by atoms with Crippen molar-refractivity contribution >= 4 is 35.3 Å². The molecule has 0 aliphatic carbocycles. The summed E-state index contributed by atoms with van der Waals surface area (Å²) in [6.07, 6.45) is 5.08. The van der Waals surface area contributed by atoms with Gasteiger partial charge < -0.3 is 9.80 Å². The average Bonchev–Trinajstić information content (AvgIpc) is 3.01. The number of likely N-dealkylation sites (tertiary alicyclic amines) is 1. The van der Waals surface area contributed by atoms with Crippen molar-refractivity contribution in [3.63, 3.8) is 0 Å². The van der Waals surface area contributed by atoms with Gasteiger partial charge in [0.1, 0.15) is 0 Å². The monoisotopic (exact) mass is 558 g/mol. The van der Waals surface area contributed by atoms with Crippen LogP contribution >= 0.6 is 11.8 Å². The quantitative estimate of drug-likeness (QED) is 0.227. The van der Waals surface area contributed by atoms with Crippen molar-refractivity contribution in [1.82, 2.24) is 4.90 Å². The second kappa shape index (κ2) is 12.2. The summed E-state index contributed by atoms with van der Waals surface area (Å²) in [4.78, 5) is 32.5. The van der Waals surface area contributed by atoms with Crippen LogP contribution in [0.1, 0.15) is 45.5 Å². The van der Waals surface area contributed by atoms with Crippen LogP contribution in [0.2, 0.25) is 0 Å². The van der Waals surface area contributed by atoms with E-state index in [2.05, 4.69) is 67.6 Å². The zero-order chi connectivity index (χ0) is 28.2. The van der Waals surface area contributed by atoms with E-state index in [1.165, 1.54) is 22.9 Å². The van der Waals surface area contributed by atoms with E-state index in [1.807, 2.05) is 58.3 Å². The summed E-state index contributed by atoms with van der Waals surface area (Å²) >= 11 is 1.51. The summed E-state index contributed by atoms with van der Waals surface area (Å²) in [7, 11) is 0. The van der Waals surface area contributed by atoms with E-state index in [-0.39, 0.29) is 11.8 Å². The molecule has 0 spiro atoms. The highest BCUT2D eigenvalue weighted by Gasteiger charge is 2.29. The van der Waals surface area contributed by atoms with Crippen molar-refractivity contribution in [1.29, 1.82) is 0 Å². The van der Waals surface area contributed by atoms with Crippen LogP contribution in [0, 0.1) is 12.8 Å². The molecule has 2 heterocycles. The van der Waals surface area contributed by atoms with Gasteiger partial charge in [0.25, 0.3) is 11.8 Å². The van der Waals surface area contributed by atoms with Crippen molar-refractivity contribution in [3.8, 4) is 0 Å². The summed E-state index contributed by atoms with van der Waals surface area (Å²) in [5, 5.41) is 0. The summed E-state index contributed by atoms with van der Waals surface area (Å²) in [6.45, 7) is 4.17. The second-order valence-corrected chi connectivity index (χ2v) is 12.1. The van der Waals surface area contributed by atoms with Crippen molar-refractivity contribution < 1.29 is 9.59 Å². The zero-order valence-corrected chi connectivity index (χ0v) is 24.1. The van der Waals surface area contributed by atoms with E-state index in [0.29, 0.717) is 22.9 Å².